The highest BCUT2D eigenvalue weighted by molar-refractivity contribution is 6.30. The Morgan fingerprint density at radius 2 is 2.13 bits per heavy atom. The predicted molar refractivity (Wildman–Crippen MR) is 113 cm³/mol. The van der Waals surface area contributed by atoms with E-state index in [-0.39, 0.29) is 24.3 Å². The van der Waals surface area contributed by atoms with Gasteiger partial charge in [0.1, 0.15) is 24.2 Å². The number of nitrogens with one attached hydrogen (secondary N) is 1. The maximum absolute atomic E-state index is 9.76. The van der Waals surface area contributed by atoms with Gasteiger partial charge in [-0.15, -0.1) is 0 Å². The van der Waals surface area contributed by atoms with Crippen molar-refractivity contribution in [3.05, 3.63) is 70.1 Å². The average Bonchev–Trinajstić information content (AvgIpc) is 3.11. The zero-order valence-electron chi connectivity index (χ0n) is 16.6. The van der Waals surface area contributed by atoms with E-state index in [1.165, 1.54) is 0 Å². The largest absolute Gasteiger partial charge is 0.496 e. The van der Waals surface area contributed by atoms with Gasteiger partial charge in [0.05, 0.1) is 18.6 Å². The Labute approximate surface area is 179 Å². The summed E-state index contributed by atoms with van der Waals surface area (Å²) in [6, 6.07) is 15.2. The second-order valence-electron chi connectivity index (χ2n) is 7.13. The summed E-state index contributed by atoms with van der Waals surface area (Å²) < 4.78 is 17.1. The van der Waals surface area contributed by atoms with Crippen LogP contribution in [0.5, 0.6) is 11.5 Å². The van der Waals surface area contributed by atoms with Crippen LogP contribution in [0.4, 0.5) is 0 Å². The van der Waals surface area contributed by atoms with Gasteiger partial charge in [0.25, 0.3) is 0 Å². The normalized spacial score (nSPS) is 22.3. The van der Waals surface area contributed by atoms with Crippen LogP contribution in [-0.4, -0.2) is 19.0 Å². The third-order valence-corrected chi connectivity index (χ3v) is 5.58. The number of hydrazone groups is 1. The van der Waals surface area contributed by atoms with Crippen LogP contribution in [0.25, 0.3) is 0 Å². The van der Waals surface area contributed by atoms with Gasteiger partial charge in [0, 0.05) is 22.2 Å². The van der Waals surface area contributed by atoms with Crippen molar-refractivity contribution in [1.82, 2.24) is 5.43 Å². The lowest BCUT2D eigenvalue weighted by molar-refractivity contribution is 0.0454. The number of methoxy groups -OCH3 is 1. The predicted octanol–water partition coefficient (Wildman–Crippen LogP) is 3.66. The zero-order valence-corrected chi connectivity index (χ0v) is 17.3. The topological polar surface area (TPSA) is 102 Å². The van der Waals surface area contributed by atoms with Crippen molar-refractivity contribution < 1.29 is 14.2 Å². The Kier molecular flexibility index (Phi) is 5.42. The molecule has 0 saturated carbocycles. The van der Waals surface area contributed by atoms with Crippen molar-refractivity contribution >= 4 is 17.3 Å². The Morgan fingerprint density at radius 3 is 2.87 bits per heavy atom. The number of ether oxygens (including phenoxy) is 3. The molecule has 0 fully saturated rings. The van der Waals surface area contributed by atoms with E-state index in [1.807, 2.05) is 37.3 Å². The minimum Gasteiger partial charge on any atom is -0.496 e. The molecule has 0 bridgehead atoms. The third-order valence-electron chi connectivity index (χ3n) is 5.34. The first-order valence-electron chi connectivity index (χ1n) is 9.43. The van der Waals surface area contributed by atoms with Crippen LogP contribution < -0.4 is 20.6 Å². The molecule has 3 atom stereocenters. The summed E-state index contributed by atoms with van der Waals surface area (Å²) >= 11 is 6.04. The summed E-state index contributed by atoms with van der Waals surface area (Å²) in [6.07, 6.45) is -0.402. The van der Waals surface area contributed by atoms with Crippen molar-refractivity contribution in [3.8, 4) is 17.6 Å². The van der Waals surface area contributed by atoms with Gasteiger partial charge in [-0.2, -0.15) is 10.4 Å². The molecule has 7 nitrogen and oxygen atoms in total. The van der Waals surface area contributed by atoms with Gasteiger partial charge < -0.3 is 19.9 Å². The standard InChI is InChI=1S/C22H21ClN4O3/c1-12-19-20(17(10-24)21(25)30-22(19)27-26-12)13-6-7-18(28-2)14(8-13)11-29-16-5-3-4-15(23)9-16/h3-9,19-20,22,27H,11,25H2,1-2H3/t19-,20+,22-/m0/s1. The molecule has 0 aromatic heterocycles. The lowest BCUT2D eigenvalue weighted by atomic mass is 9.76. The summed E-state index contributed by atoms with van der Waals surface area (Å²) in [5.41, 5.74) is 12.0. The number of hydrogen-bond donors (Lipinski definition) is 2. The second kappa shape index (κ2) is 8.17. The first-order valence-corrected chi connectivity index (χ1v) is 9.81. The van der Waals surface area contributed by atoms with E-state index in [9.17, 15) is 5.26 Å². The smallest absolute Gasteiger partial charge is 0.201 e. The maximum atomic E-state index is 9.76. The highest BCUT2D eigenvalue weighted by Gasteiger charge is 2.45. The molecule has 8 heteroatoms. The number of nitriles is 1. The molecule has 0 amide bonds. The molecule has 2 aromatic carbocycles. The molecule has 30 heavy (non-hydrogen) atoms. The number of allylic oxidation sites excluding steroid dienone is 1. The molecular weight excluding hydrogens is 404 g/mol. The first-order chi connectivity index (χ1) is 14.5. The maximum Gasteiger partial charge on any atom is 0.201 e. The molecule has 2 aliphatic heterocycles. The van der Waals surface area contributed by atoms with Gasteiger partial charge in [-0.05, 0) is 42.8 Å². The molecule has 0 aliphatic carbocycles. The van der Waals surface area contributed by atoms with E-state index in [2.05, 4.69) is 16.6 Å². The van der Waals surface area contributed by atoms with Gasteiger partial charge >= 0.3 is 0 Å². The fourth-order valence-electron chi connectivity index (χ4n) is 3.91. The molecule has 2 heterocycles. The van der Waals surface area contributed by atoms with E-state index in [1.54, 1.807) is 19.2 Å². The molecule has 0 unspecified atom stereocenters. The number of halogens is 1. The molecule has 154 valence electrons. The van der Waals surface area contributed by atoms with Crippen molar-refractivity contribution in [1.29, 1.82) is 5.26 Å². The minimum absolute atomic E-state index is 0.119. The molecule has 3 N–H and O–H groups in total. The van der Waals surface area contributed by atoms with Crippen LogP contribution in [0.2, 0.25) is 5.02 Å². The van der Waals surface area contributed by atoms with Gasteiger partial charge in [0.15, 0.2) is 6.23 Å². The van der Waals surface area contributed by atoms with Crippen LogP contribution >= 0.6 is 11.6 Å². The lowest BCUT2D eigenvalue weighted by Gasteiger charge is -2.34. The molecule has 0 spiro atoms. The molecule has 2 aromatic rings. The van der Waals surface area contributed by atoms with Gasteiger partial charge in [0.2, 0.25) is 5.88 Å². The van der Waals surface area contributed by atoms with Crippen molar-refractivity contribution in [2.45, 2.75) is 25.7 Å². The number of benzene rings is 2. The third kappa shape index (κ3) is 3.62. The van der Waals surface area contributed by atoms with Gasteiger partial charge in [-0.25, -0.2) is 0 Å². The molecule has 0 radical (unpaired) electrons. The number of nitrogens with zero attached hydrogens (tertiary/aromatic N) is 2. The van der Waals surface area contributed by atoms with Gasteiger partial charge in [-0.3, -0.25) is 5.43 Å². The van der Waals surface area contributed by atoms with Crippen LogP contribution in [0.3, 0.4) is 0 Å². The Bertz CT molecular complexity index is 1080. The van der Waals surface area contributed by atoms with Crippen molar-refractivity contribution in [3.63, 3.8) is 0 Å². The molecule has 4 rings (SSSR count). The minimum atomic E-state index is -0.402. The molecular formula is C22H21ClN4O3. The fourth-order valence-corrected chi connectivity index (χ4v) is 4.09. The summed E-state index contributed by atoms with van der Waals surface area (Å²) in [5, 5.41) is 14.6. The summed E-state index contributed by atoms with van der Waals surface area (Å²) in [6.45, 7) is 2.19. The average molecular weight is 425 g/mol. The van der Waals surface area contributed by atoms with E-state index < -0.39 is 6.23 Å². The monoisotopic (exact) mass is 424 g/mol. The van der Waals surface area contributed by atoms with E-state index in [4.69, 9.17) is 31.5 Å². The second-order valence-corrected chi connectivity index (χ2v) is 7.57. The molecule has 0 saturated heterocycles. The highest BCUT2D eigenvalue weighted by atomic mass is 35.5. The summed E-state index contributed by atoms with van der Waals surface area (Å²) in [4.78, 5) is 0. The zero-order chi connectivity index (χ0) is 21.3. The quantitative estimate of drug-likeness (QED) is 0.759. The van der Waals surface area contributed by atoms with E-state index in [0.29, 0.717) is 22.1 Å². The Morgan fingerprint density at radius 1 is 1.30 bits per heavy atom. The van der Waals surface area contributed by atoms with Crippen LogP contribution in [-0.2, 0) is 11.3 Å². The number of nitrogens with two attached hydrogens (primary N) is 1. The lowest BCUT2D eigenvalue weighted by Crippen LogP contribution is -2.41. The van der Waals surface area contributed by atoms with Crippen molar-refractivity contribution in [2.75, 3.05) is 7.11 Å². The SMILES string of the molecule is COc1ccc([C@@H]2C(C#N)=C(N)O[C@@H]3NN=C(C)[C@H]32)cc1COc1cccc(Cl)c1. The Hall–Kier alpha value is -3.37. The van der Waals surface area contributed by atoms with E-state index in [0.717, 1.165) is 16.8 Å². The highest BCUT2D eigenvalue weighted by Crippen LogP contribution is 2.42. The van der Waals surface area contributed by atoms with Crippen LogP contribution in [0.1, 0.15) is 24.0 Å². The van der Waals surface area contributed by atoms with E-state index >= 15 is 0 Å². The number of hydrogen-bond acceptors (Lipinski definition) is 7. The fraction of sp³-hybridized carbons (Fsp3) is 0.273. The van der Waals surface area contributed by atoms with Crippen LogP contribution in [0, 0.1) is 17.2 Å². The first kappa shape index (κ1) is 19.9. The van der Waals surface area contributed by atoms with Crippen molar-refractivity contribution in [2.24, 2.45) is 16.8 Å². The number of rotatable bonds is 5. The summed E-state index contributed by atoms with van der Waals surface area (Å²) in [7, 11) is 1.61. The Balaban J connectivity index is 1.70. The summed E-state index contributed by atoms with van der Waals surface area (Å²) in [5.74, 6) is 1.04. The number of fused-ring (bicyclic) bond motifs is 1. The molecule has 2 aliphatic rings. The van der Waals surface area contributed by atoms with Gasteiger partial charge in [-0.1, -0.05) is 23.7 Å². The van der Waals surface area contributed by atoms with Crippen LogP contribution in [0.15, 0.2) is 59.0 Å².